The number of fused-ring (bicyclic) bond motifs is 3. The maximum atomic E-state index is 5.93. The summed E-state index contributed by atoms with van der Waals surface area (Å²) in [4.78, 5) is 0. The highest BCUT2D eigenvalue weighted by molar-refractivity contribution is 6.05. The molecule has 2 aromatic carbocycles. The van der Waals surface area contributed by atoms with Gasteiger partial charge in [-0.1, -0.05) is 44.2 Å². The van der Waals surface area contributed by atoms with Gasteiger partial charge in [0.25, 0.3) is 0 Å². The van der Waals surface area contributed by atoms with Crippen LogP contribution < -0.4 is 0 Å². The van der Waals surface area contributed by atoms with Crippen LogP contribution in [0.25, 0.3) is 21.7 Å². The van der Waals surface area contributed by atoms with E-state index in [0.717, 1.165) is 17.8 Å². The van der Waals surface area contributed by atoms with Crippen molar-refractivity contribution in [3.63, 3.8) is 0 Å². The summed E-state index contributed by atoms with van der Waals surface area (Å²) in [5.74, 6) is 1.58. The molecule has 0 aliphatic rings. The third kappa shape index (κ3) is 1.62. The van der Waals surface area contributed by atoms with Crippen LogP contribution in [0.3, 0.4) is 0 Å². The minimum absolute atomic E-state index is 0.487. The van der Waals surface area contributed by atoms with Gasteiger partial charge in [0.15, 0.2) is 0 Å². The summed E-state index contributed by atoms with van der Waals surface area (Å²) in [5, 5.41) is 3.79. The maximum Gasteiger partial charge on any atom is 0.134 e. The van der Waals surface area contributed by atoms with Crippen molar-refractivity contribution in [1.29, 1.82) is 0 Å². The van der Waals surface area contributed by atoms with Gasteiger partial charge in [0.2, 0.25) is 0 Å². The summed E-state index contributed by atoms with van der Waals surface area (Å²) in [5.41, 5.74) is 0.999. The molecule has 1 aromatic heterocycles. The van der Waals surface area contributed by atoms with Crippen LogP contribution in [0.4, 0.5) is 0 Å². The van der Waals surface area contributed by atoms with E-state index in [-0.39, 0.29) is 0 Å². The molecule has 0 saturated carbocycles. The van der Waals surface area contributed by atoms with Gasteiger partial charge in [-0.15, -0.1) is 0 Å². The molecule has 1 nitrogen and oxygen atoms in total. The van der Waals surface area contributed by atoms with Crippen LogP contribution in [0.5, 0.6) is 0 Å². The number of furan rings is 1. The first kappa shape index (κ1) is 10.4. The lowest BCUT2D eigenvalue weighted by atomic mass is 10.0. The Morgan fingerprint density at radius 2 is 1.88 bits per heavy atom. The number of hydrogen-bond acceptors (Lipinski definition) is 1. The summed E-state index contributed by atoms with van der Waals surface area (Å²) in [6.45, 7) is 4.40. The Balaban J connectivity index is 2.31. The smallest absolute Gasteiger partial charge is 0.134 e. The van der Waals surface area contributed by atoms with Crippen LogP contribution in [0.2, 0.25) is 0 Å². The van der Waals surface area contributed by atoms with E-state index >= 15 is 0 Å². The van der Waals surface area contributed by atoms with E-state index in [2.05, 4.69) is 56.3 Å². The first-order valence-corrected chi connectivity index (χ1v) is 6.21. The van der Waals surface area contributed by atoms with Crippen molar-refractivity contribution >= 4 is 21.7 Å². The normalized spacial score (nSPS) is 13.3. The quantitative estimate of drug-likeness (QED) is 0.590. The fraction of sp³-hybridized carbons (Fsp3) is 0.250. The van der Waals surface area contributed by atoms with Gasteiger partial charge in [0.1, 0.15) is 11.3 Å². The zero-order valence-electron chi connectivity index (χ0n) is 10.2. The summed E-state index contributed by atoms with van der Waals surface area (Å²) >= 11 is 0. The van der Waals surface area contributed by atoms with Crippen molar-refractivity contribution in [3.05, 3.63) is 48.2 Å². The second kappa shape index (κ2) is 3.92. The average molecular weight is 224 g/mol. The molecule has 1 unspecified atom stereocenters. The van der Waals surface area contributed by atoms with E-state index in [1.54, 1.807) is 0 Å². The first-order valence-electron chi connectivity index (χ1n) is 6.21. The molecule has 0 saturated heterocycles. The topological polar surface area (TPSA) is 13.1 Å². The average Bonchev–Trinajstić information content (AvgIpc) is 2.82. The molecular formula is C16H16O. The predicted octanol–water partition coefficient (Wildman–Crippen LogP) is 5.10. The molecular weight excluding hydrogens is 208 g/mol. The second-order valence-corrected chi connectivity index (χ2v) is 4.66. The third-order valence-electron chi connectivity index (χ3n) is 3.54. The highest BCUT2D eigenvalue weighted by Gasteiger charge is 2.11. The molecule has 0 fully saturated rings. The van der Waals surface area contributed by atoms with Crippen molar-refractivity contribution in [2.75, 3.05) is 0 Å². The molecule has 3 aromatic rings. The van der Waals surface area contributed by atoms with Gasteiger partial charge in [0.05, 0.1) is 0 Å². The Morgan fingerprint density at radius 1 is 1.06 bits per heavy atom. The van der Waals surface area contributed by atoms with Crippen LogP contribution in [-0.2, 0) is 0 Å². The van der Waals surface area contributed by atoms with Crippen LogP contribution in [0.1, 0.15) is 31.9 Å². The molecule has 0 N–H and O–H groups in total. The van der Waals surface area contributed by atoms with Crippen LogP contribution in [-0.4, -0.2) is 0 Å². The fourth-order valence-corrected chi connectivity index (χ4v) is 2.26. The summed E-state index contributed by atoms with van der Waals surface area (Å²) < 4.78 is 5.93. The SMILES string of the molecule is CCC(C)c1cc2c(ccc3ccccc32)o1. The molecule has 1 heteroatoms. The standard InChI is InChI=1S/C16H16O/c1-3-11(2)16-10-14-13-7-5-4-6-12(13)8-9-15(14)17-16/h4-11H,3H2,1-2H3. The van der Waals surface area contributed by atoms with Gasteiger partial charge in [-0.05, 0) is 29.3 Å². The van der Waals surface area contributed by atoms with Crippen molar-refractivity contribution in [3.8, 4) is 0 Å². The maximum absolute atomic E-state index is 5.93. The van der Waals surface area contributed by atoms with Gasteiger partial charge in [-0.2, -0.15) is 0 Å². The molecule has 0 amide bonds. The Labute approximate surface area is 101 Å². The highest BCUT2D eigenvalue weighted by Crippen LogP contribution is 2.31. The lowest BCUT2D eigenvalue weighted by Gasteiger charge is -2.01. The minimum atomic E-state index is 0.487. The molecule has 0 spiro atoms. The Bertz CT molecular complexity index is 663. The summed E-state index contributed by atoms with van der Waals surface area (Å²) in [6.07, 6.45) is 1.11. The first-order chi connectivity index (χ1) is 8.29. The summed E-state index contributed by atoms with van der Waals surface area (Å²) in [6, 6.07) is 14.9. The largest absolute Gasteiger partial charge is 0.461 e. The van der Waals surface area contributed by atoms with Gasteiger partial charge < -0.3 is 4.42 Å². The molecule has 0 aliphatic heterocycles. The van der Waals surface area contributed by atoms with E-state index in [0.29, 0.717) is 5.92 Å². The van der Waals surface area contributed by atoms with Crippen LogP contribution >= 0.6 is 0 Å². The minimum Gasteiger partial charge on any atom is -0.461 e. The molecule has 0 bridgehead atoms. The monoisotopic (exact) mass is 224 g/mol. The fourth-order valence-electron chi connectivity index (χ4n) is 2.26. The Hall–Kier alpha value is -1.76. The molecule has 86 valence electrons. The molecule has 1 atom stereocenters. The zero-order chi connectivity index (χ0) is 11.8. The second-order valence-electron chi connectivity index (χ2n) is 4.66. The van der Waals surface area contributed by atoms with Crippen molar-refractivity contribution in [2.45, 2.75) is 26.2 Å². The zero-order valence-corrected chi connectivity index (χ0v) is 10.2. The molecule has 0 radical (unpaired) electrons. The van der Waals surface area contributed by atoms with Crippen LogP contribution in [0.15, 0.2) is 46.9 Å². The van der Waals surface area contributed by atoms with Gasteiger partial charge >= 0.3 is 0 Å². The summed E-state index contributed by atoms with van der Waals surface area (Å²) in [7, 11) is 0. The van der Waals surface area contributed by atoms with Crippen molar-refractivity contribution in [1.82, 2.24) is 0 Å². The van der Waals surface area contributed by atoms with Crippen LogP contribution in [0, 0.1) is 0 Å². The molecule has 17 heavy (non-hydrogen) atoms. The number of rotatable bonds is 2. The molecule has 0 aliphatic carbocycles. The molecule has 3 rings (SSSR count). The van der Waals surface area contributed by atoms with E-state index in [9.17, 15) is 0 Å². The van der Waals surface area contributed by atoms with Crippen molar-refractivity contribution < 1.29 is 4.42 Å². The lowest BCUT2D eigenvalue weighted by molar-refractivity contribution is 0.499. The van der Waals surface area contributed by atoms with E-state index in [4.69, 9.17) is 4.42 Å². The van der Waals surface area contributed by atoms with E-state index in [1.165, 1.54) is 16.2 Å². The molecule has 1 heterocycles. The van der Waals surface area contributed by atoms with Crippen molar-refractivity contribution in [2.24, 2.45) is 0 Å². The Morgan fingerprint density at radius 3 is 2.71 bits per heavy atom. The Kier molecular flexibility index (Phi) is 2.40. The number of benzene rings is 2. The predicted molar refractivity (Wildman–Crippen MR) is 72.4 cm³/mol. The van der Waals surface area contributed by atoms with Gasteiger partial charge in [0, 0.05) is 11.3 Å². The lowest BCUT2D eigenvalue weighted by Crippen LogP contribution is -1.86. The van der Waals surface area contributed by atoms with Gasteiger partial charge in [-0.25, -0.2) is 0 Å². The third-order valence-corrected chi connectivity index (χ3v) is 3.54. The van der Waals surface area contributed by atoms with E-state index in [1.807, 2.05) is 0 Å². The van der Waals surface area contributed by atoms with Gasteiger partial charge in [-0.3, -0.25) is 0 Å². The van der Waals surface area contributed by atoms with E-state index < -0.39 is 0 Å². The number of hydrogen-bond donors (Lipinski definition) is 0. The highest BCUT2D eigenvalue weighted by atomic mass is 16.3.